The van der Waals surface area contributed by atoms with Crippen molar-refractivity contribution in [2.75, 3.05) is 13.1 Å². The lowest BCUT2D eigenvalue weighted by Crippen LogP contribution is -2.44. The fourth-order valence-electron chi connectivity index (χ4n) is 2.58. The van der Waals surface area contributed by atoms with E-state index in [0.29, 0.717) is 18.7 Å². The molecular weight excluding hydrogens is 311 g/mol. The van der Waals surface area contributed by atoms with Crippen molar-refractivity contribution in [3.8, 4) is 0 Å². The maximum absolute atomic E-state index is 13.8. The number of hydrogen-bond donors (Lipinski definition) is 1. The van der Waals surface area contributed by atoms with Gasteiger partial charge in [0.05, 0.1) is 4.90 Å². The zero-order chi connectivity index (χ0) is 15.8. The van der Waals surface area contributed by atoms with E-state index in [1.807, 2.05) is 13.8 Å². The van der Waals surface area contributed by atoms with Crippen molar-refractivity contribution in [2.45, 2.75) is 42.7 Å². The molecule has 0 spiro atoms. The van der Waals surface area contributed by atoms with E-state index in [1.54, 1.807) is 18.7 Å². The molecule has 1 aliphatic heterocycles. The van der Waals surface area contributed by atoms with Crippen LogP contribution in [0.4, 0.5) is 4.39 Å². The molecule has 7 heteroatoms. The second-order valence-corrected chi connectivity index (χ2v) is 9.32. The van der Waals surface area contributed by atoms with Crippen LogP contribution in [0.15, 0.2) is 17.0 Å². The molecule has 1 aromatic rings. The number of nitrogens with zero attached hydrogens (tertiary/aromatic N) is 1. The van der Waals surface area contributed by atoms with Crippen molar-refractivity contribution < 1.29 is 12.8 Å². The third kappa shape index (κ3) is 3.41. The zero-order valence-corrected chi connectivity index (χ0v) is 14.1. The van der Waals surface area contributed by atoms with Gasteiger partial charge in [0.15, 0.2) is 0 Å². The van der Waals surface area contributed by atoms with E-state index < -0.39 is 15.8 Å². The molecule has 0 amide bonds. The first-order valence-electron chi connectivity index (χ1n) is 6.90. The van der Waals surface area contributed by atoms with Crippen LogP contribution in [0.25, 0.3) is 0 Å². The minimum atomic E-state index is -3.60. The van der Waals surface area contributed by atoms with Gasteiger partial charge in [0.25, 0.3) is 0 Å². The van der Waals surface area contributed by atoms with Gasteiger partial charge in [-0.05, 0) is 24.6 Å². The number of halogens is 1. The Morgan fingerprint density at radius 2 is 1.90 bits per heavy atom. The van der Waals surface area contributed by atoms with Crippen molar-refractivity contribution in [1.82, 2.24) is 4.31 Å². The Hall–Kier alpha value is -0.630. The smallest absolute Gasteiger partial charge is 0.243 e. The summed E-state index contributed by atoms with van der Waals surface area (Å²) in [6.45, 7) is 6.54. The molecule has 4 nitrogen and oxygen atoms in total. The largest absolute Gasteiger partial charge is 0.326 e. The van der Waals surface area contributed by atoms with Gasteiger partial charge in [0.2, 0.25) is 10.0 Å². The van der Waals surface area contributed by atoms with Crippen molar-refractivity contribution in [3.05, 3.63) is 29.1 Å². The van der Waals surface area contributed by atoms with Gasteiger partial charge in [-0.15, -0.1) is 0 Å². The van der Waals surface area contributed by atoms with Crippen LogP contribution in [0.1, 0.15) is 25.0 Å². The first kappa shape index (κ1) is 16.7. The minimum absolute atomic E-state index is 0.0152. The van der Waals surface area contributed by atoms with Crippen LogP contribution < -0.4 is 5.73 Å². The van der Waals surface area contributed by atoms with Crippen LogP contribution in [0, 0.1) is 12.7 Å². The van der Waals surface area contributed by atoms with Crippen molar-refractivity contribution in [3.63, 3.8) is 0 Å². The van der Waals surface area contributed by atoms with Gasteiger partial charge in [0, 0.05) is 35.7 Å². The predicted octanol–water partition coefficient (Wildman–Crippen LogP) is 2.11. The van der Waals surface area contributed by atoms with Crippen LogP contribution in [-0.4, -0.2) is 36.3 Å². The van der Waals surface area contributed by atoms with Crippen LogP contribution in [0.3, 0.4) is 0 Å². The third-order valence-electron chi connectivity index (χ3n) is 3.55. The van der Waals surface area contributed by atoms with E-state index in [2.05, 4.69) is 0 Å². The molecule has 1 fully saturated rings. The molecule has 0 radical (unpaired) electrons. The van der Waals surface area contributed by atoms with Gasteiger partial charge in [-0.25, -0.2) is 12.8 Å². The van der Waals surface area contributed by atoms with Crippen molar-refractivity contribution >= 4 is 21.8 Å². The maximum Gasteiger partial charge on any atom is 0.243 e. The summed E-state index contributed by atoms with van der Waals surface area (Å²) in [4.78, 5) is 0.133. The lowest BCUT2D eigenvalue weighted by molar-refractivity contribution is 0.404. The summed E-state index contributed by atoms with van der Waals surface area (Å²) in [6, 6.07) is 2.75. The molecular formula is C14H21FN2O2S2. The molecule has 0 aromatic heterocycles. The second-order valence-electron chi connectivity index (χ2n) is 5.50. The van der Waals surface area contributed by atoms with Crippen LogP contribution in [0.2, 0.25) is 0 Å². The van der Waals surface area contributed by atoms with Gasteiger partial charge in [-0.3, -0.25) is 0 Å². The molecule has 1 aliphatic rings. The fraction of sp³-hybridized carbons (Fsp3) is 0.571. The predicted molar refractivity (Wildman–Crippen MR) is 84.3 cm³/mol. The molecule has 0 aliphatic carbocycles. The Labute approximate surface area is 129 Å². The molecule has 118 valence electrons. The Bertz CT molecular complexity index is 624. The monoisotopic (exact) mass is 332 g/mol. The molecule has 2 N–H and O–H groups in total. The van der Waals surface area contributed by atoms with Crippen LogP contribution >= 0.6 is 11.8 Å². The first-order chi connectivity index (χ1) is 9.75. The van der Waals surface area contributed by atoms with Crippen molar-refractivity contribution in [2.24, 2.45) is 5.73 Å². The number of benzene rings is 1. The van der Waals surface area contributed by atoms with Gasteiger partial charge in [0.1, 0.15) is 5.82 Å². The fourth-order valence-corrected chi connectivity index (χ4v) is 5.85. The van der Waals surface area contributed by atoms with E-state index in [0.717, 1.165) is 0 Å². The Balaban J connectivity index is 2.42. The van der Waals surface area contributed by atoms with Gasteiger partial charge in [-0.2, -0.15) is 16.1 Å². The molecule has 2 rings (SSSR count). The summed E-state index contributed by atoms with van der Waals surface area (Å²) in [5, 5.41) is 0.498. The minimum Gasteiger partial charge on any atom is -0.326 e. The standard InChI is InChI=1S/C14H21FN2O2S2/c1-9-4-13(5-12(6-16)14(9)15)21(18,19)17-7-10(2)20-11(3)8-17/h4-5,10-11H,6-8,16H2,1-3H3. The molecule has 1 aromatic carbocycles. The molecule has 2 unspecified atom stereocenters. The van der Waals surface area contributed by atoms with Crippen LogP contribution in [-0.2, 0) is 16.6 Å². The van der Waals surface area contributed by atoms with Crippen molar-refractivity contribution in [1.29, 1.82) is 0 Å². The SMILES string of the molecule is Cc1cc(S(=O)(=O)N2CC(C)SC(C)C2)cc(CN)c1F. The van der Waals surface area contributed by atoms with E-state index in [4.69, 9.17) is 5.73 Å². The Kier molecular flexibility index (Phi) is 4.97. The van der Waals surface area contributed by atoms with E-state index >= 15 is 0 Å². The van der Waals surface area contributed by atoms with Crippen LogP contribution in [0.5, 0.6) is 0 Å². The maximum atomic E-state index is 13.8. The highest BCUT2D eigenvalue weighted by molar-refractivity contribution is 8.00. The molecule has 0 saturated carbocycles. The summed E-state index contributed by atoms with van der Waals surface area (Å²) < 4.78 is 40.9. The molecule has 0 bridgehead atoms. The molecule has 1 heterocycles. The number of thioether (sulfide) groups is 1. The third-order valence-corrected chi connectivity index (χ3v) is 6.58. The average molecular weight is 332 g/mol. The first-order valence-corrected chi connectivity index (χ1v) is 9.28. The lowest BCUT2D eigenvalue weighted by Gasteiger charge is -2.33. The highest BCUT2D eigenvalue weighted by Gasteiger charge is 2.32. The molecule has 21 heavy (non-hydrogen) atoms. The highest BCUT2D eigenvalue weighted by atomic mass is 32.2. The topological polar surface area (TPSA) is 63.4 Å². The van der Waals surface area contributed by atoms with E-state index in [-0.39, 0.29) is 27.5 Å². The number of sulfonamides is 1. The summed E-state index contributed by atoms with van der Waals surface area (Å²) in [5.74, 6) is -0.424. The number of rotatable bonds is 3. The average Bonchev–Trinajstić information content (AvgIpc) is 2.40. The Morgan fingerprint density at radius 3 is 2.43 bits per heavy atom. The summed E-state index contributed by atoms with van der Waals surface area (Å²) >= 11 is 1.78. The van der Waals surface area contributed by atoms with Gasteiger partial charge >= 0.3 is 0 Å². The number of nitrogens with two attached hydrogens (primary N) is 1. The zero-order valence-electron chi connectivity index (χ0n) is 12.5. The second kappa shape index (κ2) is 6.24. The highest BCUT2D eigenvalue weighted by Crippen LogP contribution is 2.30. The quantitative estimate of drug-likeness (QED) is 0.921. The summed E-state index contributed by atoms with van der Waals surface area (Å²) in [7, 11) is -3.60. The molecule has 1 saturated heterocycles. The van der Waals surface area contributed by atoms with Gasteiger partial charge < -0.3 is 5.73 Å². The summed E-state index contributed by atoms with van der Waals surface area (Å²) in [5.41, 5.74) is 6.05. The van der Waals surface area contributed by atoms with E-state index in [1.165, 1.54) is 16.4 Å². The number of hydrogen-bond acceptors (Lipinski definition) is 4. The molecule has 2 atom stereocenters. The van der Waals surface area contributed by atoms with E-state index in [9.17, 15) is 12.8 Å². The lowest BCUT2D eigenvalue weighted by atomic mass is 10.1. The summed E-state index contributed by atoms with van der Waals surface area (Å²) in [6.07, 6.45) is 0. The normalized spacial score (nSPS) is 24.2. The van der Waals surface area contributed by atoms with Gasteiger partial charge in [-0.1, -0.05) is 13.8 Å². The number of aryl methyl sites for hydroxylation is 1. The Morgan fingerprint density at radius 1 is 1.33 bits per heavy atom.